The molecule has 0 saturated heterocycles. The zero-order valence-electron chi connectivity index (χ0n) is 14.7. The maximum atomic E-state index is 13.4. The van der Waals surface area contributed by atoms with Crippen molar-refractivity contribution in [3.63, 3.8) is 0 Å². The van der Waals surface area contributed by atoms with Crippen molar-refractivity contribution in [2.45, 2.75) is 24.0 Å². The summed E-state index contributed by atoms with van der Waals surface area (Å²) in [6.45, 7) is 1.52. The van der Waals surface area contributed by atoms with E-state index in [1.54, 1.807) is 30.3 Å². The third-order valence-electron chi connectivity index (χ3n) is 4.41. The van der Waals surface area contributed by atoms with Gasteiger partial charge in [0.2, 0.25) is 9.84 Å². The van der Waals surface area contributed by atoms with E-state index in [9.17, 15) is 21.6 Å². The van der Waals surface area contributed by atoms with Gasteiger partial charge in [0.15, 0.2) is 5.69 Å². The predicted molar refractivity (Wildman–Crippen MR) is 105 cm³/mol. The van der Waals surface area contributed by atoms with Crippen LogP contribution in [0.3, 0.4) is 0 Å². The summed E-state index contributed by atoms with van der Waals surface area (Å²) in [4.78, 5) is 0.422. The van der Waals surface area contributed by atoms with Gasteiger partial charge in [-0.2, -0.15) is 18.3 Å². The van der Waals surface area contributed by atoms with Gasteiger partial charge in [0.05, 0.1) is 14.1 Å². The monoisotopic (exact) mass is 459 g/mol. The zero-order valence-corrected chi connectivity index (χ0v) is 17.1. The molecule has 1 aliphatic rings. The van der Waals surface area contributed by atoms with Crippen molar-refractivity contribution in [2.75, 3.05) is 5.32 Å². The van der Waals surface area contributed by atoms with E-state index in [0.29, 0.717) is 9.21 Å². The number of hydrogen-bond donors (Lipinski definition) is 1. The minimum absolute atomic E-state index is 0.0375. The standard InChI is InChI=1S/C18H13ClF3N3O2S2/c1-10-17(29(26,27)11-5-3-2-4-6-11)16(12-7-8-14(19)28-12)25-15(23-10)9-13(24-25)18(20,21)22/h2-9,16,23H,1H3. The minimum atomic E-state index is -4.67. The second kappa shape index (κ2) is 6.89. The molecular formula is C18H13ClF3N3O2S2. The molecule has 0 bridgehead atoms. The van der Waals surface area contributed by atoms with Crippen LogP contribution in [0.2, 0.25) is 4.34 Å². The summed E-state index contributed by atoms with van der Waals surface area (Å²) in [5.41, 5.74) is -0.886. The average Bonchev–Trinajstić information content (AvgIpc) is 3.27. The molecule has 0 spiro atoms. The molecule has 0 fully saturated rings. The van der Waals surface area contributed by atoms with Gasteiger partial charge in [0, 0.05) is 16.6 Å². The van der Waals surface area contributed by atoms with E-state index >= 15 is 0 Å². The van der Waals surface area contributed by atoms with E-state index < -0.39 is 27.7 Å². The SMILES string of the molecule is CC1=C(S(=O)(=O)c2ccccc2)C(c2ccc(Cl)s2)n2nc(C(F)(F)F)cc2N1. The van der Waals surface area contributed by atoms with Crippen molar-refractivity contribution in [2.24, 2.45) is 0 Å². The fourth-order valence-electron chi connectivity index (χ4n) is 3.19. The van der Waals surface area contributed by atoms with Gasteiger partial charge in [-0.1, -0.05) is 29.8 Å². The number of anilines is 1. The van der Waals surface area contributed by atoms with Crippen LogP contribution in [0.25, 0.3) is 0 Å². The minimum Gasteiger partial charge on any atom is -0.343 e. The molecule has 0 amide bonds. The lowest BCUT2D eigenvalue weighted by molar-refractivity contribution is -0.141. The van der Waals surface area contributed by atoms with Gasteiger partial charge >= 0.3 is 6.18 Å². The van der Waals surface area contributed by atoms with Crippen LogP contribution in [0.5, 0.6) is 0 Å². The molecule has 0 radical (unpaired) electrons. The van der Waals surface area contributed by atoms with E-state index in [4.69, 9.17) is 11.6 Å². The van der Waals surface area contributed by atoms with E-state index in [-0.39, 0.29) is 21.3 Å². The largest absolute Gasteiger partial charge is 0.435 e. The third-order valence-corrected chi connectivity index (χ3v) is 7.70. The van der Waals surface area contributed by atoms with Crippen LogP contribution in [0, 0.1) is 0 Å². The summed E-state index contributed by atoms with van der Waals surface area (Å²) in [7, 11) is -4.03. The predicted octanol–water partition coefficient (Wildman–Crippen LogP) is 5.34. The number of fused-ring (bicyclic) bond motifs is 1. The average molecular weight is 460 g/mol. The molecule has 0 aliphatic carbocycles. The number of thiophene rings is 1. The van der Waals surface area contributed by atoms with Gasteiger partial charge in [-0.15, -0.1) is 11.3 Å². The van der Waals surface area contributed by atoms with E-state index in [2.05, 4.69) is 10.4 Å². The second-order valence-electron chi connectivity index (χ2n) is 6.33. The Kier molecular flexibility index (Phi) is 4.75. The Hall–Kier alpha value is -2.30. The molecule has 3 heterocycles. The lowest BCUT2D eigenvalue weighted by atomic mass is 10.1. The fourth-order valence-corrected chi connectivity index (χ4v) is 6.17. The van der Waals surface area contributed by atoms with Crippen LogP contribution in [-0.2, 0) is 16.0 Å². The fraction of sp³-hybridized carbons (Fsp3) is 0.167. The number of nitrogens with one attached hydrogen (secondary N) is 1. The summed E-state index contributed by atoms with van der Waals surface area (Å²) in [5.74, 6) is 0.0522. The van der Waals surface area contributed by atoms with E-state index in [0.717, 1.165) is 22.1 Å². The maximum absolute atomic E-state index is 13.4. The molecule has 1 aliphatic heterocycles. The molecule has 1 atom stereocenters. The molecule has 11 heteroatoms. The molecule has 5 nitrogen and oxygen atoms in total. The van der Waals surface area contributed by atoms with Crippen LogP contribution in [0.15, 0.2) is 64.0 Å². The first kappa shape index (κ1) is 20.0. The molecule has 1 N–H and O–H groups in total. The number of nitrogens with zero attached hydrogens (tertiary/aromatic N) is 2. The van der Waals surface area contributed by atoms with Gasteiger partial charge in [-0.25, -0.2) is 13.1 Å². The number of halogens is 4. The van der Waals surface area contributed by atoms with Crippen LogP contribution < -0.4 is 5.32 Å². The molecule has 2 aromatic heterocycles. The highest BCUT2D eigenvalue weighted by atomic mass is 35.5. The highest BCUT2D eigenvalue weighted by Gasteiger charge is 2.42. The molecule has 3 aromatic rings. The van der Waals surface area contributed by atoms with Gasteiger partial charge in [-0.05, 0) is 31.2 Å². The molecule has 0 saturated carbocycles. The van der Waals surface area contributed by atoms with E-state index in [1.165, 1.54) is 19.1 Å². The Labute approximate surface area is 173 Å². The summed E-state index contributed by atoms with van der Waals surface area (Å²) in [5, 5.41) is 6.43. The Morgan fingerprint density at radius 3 is 2.45 bits per heavy atom. The third kappa shape index (κ3) is 3.45. The highest BCUT2D eigenvalue weighted by Crippen LogP contribution is 2.44. The quantitative estimate of drug-likeness (QED) is 0.574. The number of benzene rings is 1. The Morgan fingerprint density at radius 2 is 1.86 bits per heavy atom. The number of alkyl halides is 3. The lowest BCUT2D eigenvalue weighted by Gasteiger charge is -2.29. The van der Waals surface area contributed by atoms with Crippen molar-refractivity contribution < 1.29 is 21.6 Å². The molecule has 29 heavy (non-hydrogen) atoms. The Balaban J connectivity index is 1.96. The van der Waals surface area contributed by atoms with Crippen LogP contribution in [-0.4, -0.2) is 18.2 Å². The van der Waals surface area contributed by atoms with Crippen molar-refractivity contribution in [1.82, 2.24) is 9.78 Å². The number of aromatic nitrogens is 2. The molecular weight excluding hydrogens is 447 g/mol. The second-order valence-corrected chi connectivity index (χ2v) is 10.00. The van der Waals surface area contributed by atoms with Gasteiger partial charge in [-0.3, -0.25) is 0 Å². The van der Waals surface area contributed by atoms with Gasteiger partial charge < -0.3 is 5.32 Å². The van der Waals surface area contributed by atoms with Crippen molar-refractivity contribution in [3.8, 4) is 0 Å². The maximum Gasteiger partial charge on any atom is 0.435 e. The first-order valence-corrected chi connectivity index (χ1v) is 11.0. The molecule has 1 unspecified atom stereocenters. The van der Waals surface area contributed by atoms with Crippen LogP contribution in [0.1, 0.15) is 23.5 Å². The van der Waals surface area contributed by atoms with Crippen molar-refractivity contribution in [3.05, 3.63) is 74.0 Å². The van der Waals surface area contributed by atoms with Crippen molar-refractivity contribution >= 4 is 38.6 Å². The normalized spacial score (nSPS) is 17.2. The number of hydrogen-bond acceptors (Lipinski definition) is 5. The Morgan fingerprint density at radius 1 is 1.17 bits per heavy atom. The van der Waals surface area contributed by atoms with Crippen LogP contribution in [0.4, 0.5) is 19.0 Å². The number of sulfone groups is 1. The summed E-state index contributed by atoms with van der Waals surface area (Å²) in [6, 6.07) is 10.7. The summed E-state index contributed by atoms with van der Waals surface area (Å²) in [6.07, 6.45) is -4.67. The van der Waals surface area contributed by atoms with Gasteiger partial charge in [0.25, 0.3) is 0 Å². The zero-order chi connectivity index (χ0) is 21.0. The topological polar surface area (TPSA) is 64.0 Å². The number of allylic oxidation sites excluding steroid dienone is 2. The first-order chi connectivity index (χ1) is 13.6. The first-order valence-electron chi connectivity index (χ1n) is 8.29. The summed E-state index contributed by atoms with van der Waals surface area (Å²) < 4.78 is 68.0. The summed E-state index contributed by atoms with van der Waals surface area (Å²) >= 11 is 7.12. The lowest BCUT2D eigenvalue weighted by Crippen LogP contribution is -2.28. The van der Waals surface area contributed by atoms with Crippen LogP contribution >= 0.6 is 22.9 Å². The molecule has 152 valence electrons. The molecule has 1 aromatic carbocycles. The van der Waals surface area contributed by atoms with Gasteiger partial charge in [0.1, 0.15) is 11.9 Å². The molecule has 4 rings (SSSR count). The Bertz CT molecular complexity index is 1210. The highest BCUT2D eigenvalue weighted by molar-refractivity contribution is 7.95. The van der Waals surface area contributed by atoms with E-state index in [1.807, 2.05) is 0 Å². The smallest absolute Gasteiger partial charge is 0.343 e. The number of rotatable bonds is 3. The van der Waals surface area contributed by atoms with Crippen molar-refractivity contribution in [1.29, 1.82) is 0 Å².